The molecule has 0 radical (unpaired) electrons. The topological polar surface area (TPSA) is 48.3 Å². The van der Waals surface area contributed by atoms with Gasteiger partial charge in [-0.1, -0.05) is 0 Å². The van der Waals surface area contributed by atoms with Gasteiger partial charge in [-0.25, -0.2) is 0 Å². The van der Waals surface area contributed by atoms with Crippen LogP contribution < -0.4 is 5.32 Å². The van der Waals surface area contributed by atoms with Crippen LogP contribution in [0.1, 0.15) is 25.1 Å². The average Bonchev–Trinajstić information content (AvgIpc) is 2.67. The lowest BCUT2D eigenvalue weighted by Crippen LogP contribution is -2.19. The highest BCUT2D eigenvalue weighted by atomic mass is 16.5. The summed E-state index contributed by atoms with van der Waals surface area (Å²) < 4.78 is 12.5. The van der Waals surface area contributed by atoms with Gasteiger partial charge < -0.3 is 14.8 Å². The molecule has 0 aliphatic rings. The second-order valence-corrected chi connectivity index (χ2v) is 4.57. The Morgan fingerprint density at radius 2 is 2.17 bits per heavy atom. The van der Waals surface area contributed by atoms with Crippen molar-refractivity contribution in [3.8, 4) is 0 Å². The molecule has 5 nitrogen and oxygen atoms in total. The van der Waals surface area contributed by atoms with Crippen LogP contribution in [0.5, 0.6) is 0 Å². The molecule has 0 fully saturated rings. The summed E-state index contributed by atoms with van der Waals surface area (Å²) in [5.74, 6) is 0. The molecule has 1 aromatic heterocycles. The molecular formula is C13H25N3O2. The van der Waals surface area contributed by atoms with Crippen LogP contribution in [0.4, 0.5) is 0 Å². The number of nitrogens with one attached hydrogen (secondary N) is 1. The number of methoxy groups -OCH3 is 1. The molecule has 0 unspecified atom stereocenters. The summed E-state index contributed by atoms with van der Waals surface area (Å²) in [6.45, 7) is 10.1. The van der Waals surface area contributed by atoms with Gasteiger partial charge in [0.1, 0.15) is 0 Å². The van der Waals surface area contributed by atoms with E-state index in [0.29, 0.717) is 6.61 Å². The van der Waals surface area contributed by atoms with Crippen molar-refractivity contribution >= 4 is 0 Å². The Morgan fingerprint density at radius 3 is 2.83 bits per heavy atom. The van der Waals surface area contributed by atoms with Crippen LogP contribution in [0.25, 0.3) is 0 Å². The monoisotopic (exact) mass is 255 g/mol. The van der Waals surface area contributed by atoms with Gasteiger partial charge in [0, 0.05) is 31.5 Å². The third-order valence-electron chi connectivity index (χ3n) is 2.76. The normalized spacial score (nSPS) is 11.4. The fraction of sp³-hybridized carbons (Fsp3) is 0.769. The van der Waals surface area contributed by atoms with Crippen LogP contribution in [0.2, 0.25) is 0 Å². The largest absolute Gasteiger partial charge is 0.383 e. The molecule has 0 bridgehead atoms. The van der Waals surface area contributed by atoms with E-state index in [4.69, 9.17) is 9.47 Å². The fourth-order valence-electron chi connectivity index (χ4n) is 1.66. The summed E-state index contributed by atoms with van der Waals surface area (Å²) in [5.41, 5.74) is 2.43. The summed E-state index contributed by atoms with van der Waals surface area (Å²) in [5, 5.41) is 7.70. The Morgan fingerprint density at radius 1 is 1.39 bits per heavy atom. The van der Waals surface area contributed by atoms with Gasteiger partial charge in [-0.3, -0.25) is 4.68 Å². The van der Waals surface area contributed by atoms with E-state index >= 15 is 0 Å². The van der Waals surface area contributed by atoms with Gasteiger partial charge in [-0.05, 0) is 20.8 Å². The van der Waals surface area contributed by atoms with E-state index in [1.54, 1.807) is 7.11 Å². The Kier molecular flexibility index (Phi) is 6.93. The molecule has 1 rings (SSSR count). The molecule has 0 aliphatic heterocycles. The van der Waals surface area contributed by atoms with Gasteiger partial charge in [0.15, 0.2) is 0 Å². The average molecular weight is 255 g/mol. The van der Waals surface area contributed by atoms with Crippen molar-refractivity contribution in [3.05, 3.63) is 17.5 Å². The Bertz CT molecular complexity index is 337. The number of aromatic nitrogens is 2. The van der Waals surface area contributed by atoms with E-state index in [2.05, 4.69) is 17.3 Å². The van der Waals surface area contributed by atoms with E-state index in [-0.39, 0.29) is 6.10 Å². The van der Waals surface area contributed by atoms with Crippen LogP contribution in [0.3, 0.4) is 0 Å². The van der Waals surface area contributed by atoms with Crippen LogP contribution in [-0.2, 0) is 22.6 Å². The molecular weight excluding hydrogens is 230 g/mol. The molecule has 5 heteroatoms. The smallest absolute Gasteiger partial charge is 0.0666 e. The first-order chi connectivity index (χ1) is 8.65. The van der Waals surface area contributed by atoms with Crippen molar-refractivity contribution in [1.82, 2.24) is 15.1 Å². The number of rotatable bonds is 9. The summed E-state index contributed by atoms with van der Waals surface area (Å²) in [6.07, 6.45) is 2.20. The van der Waals surface area contributed by atoms with Gasteiger partial charge >= 0.3 is 0 Å². The van der Waals surface area contributed by atoms with Crippen molar-refractivity contribution in [1.29, 1.82) is 0 Å². The summed E-state index contributed by atoms with van der Waals surface area (Å²) in [7, 11) is 1.71. The SMILES string of the molecule is COCCNCc1cnn(CCOC(C)C)c1C. The lowest BCUT2D eigenvalue weighted by Gasteiger charge is -2.09. The molecule has 0 atom stereocenters. The van der Waals surface area contributed by atoms with Gasteiger partial charge in [0.05, 0.1) is 32.1 Å². The van der Waals surface area contributed by atoms with Crippen LogP contribution in [0, 0.1) is 6.92 Å². The minimum atomic E-state index is 0.274. The Balaban J connectivity index is 2.35. The van der Waals surface area contributed by atoms with Gasteiger partial charge in [-0.2, -0.15) is 5.10 Å². The molecule has 0 saturated carbocycles. The van der Waals surface area contributed by atoms with Crippen molar-refractivity contribution in [2.75, 3.05) is 26.9 Å². The minimum Gasteiger partial charge on any atom is -0.383 e. The van der Waals surface area contributed by atoms with Crippen molar-refractivity contribution in [3.63, 3.8) is 0 Å². The molecule has 0 spiro atoms. The van der Waals surface area contributed by atoms with Gasteiger partial charge in [0.2, 0.25) is 0 Å². The predicted octanol–water partition coefficient (Wildman–Crippen LogP) is 1.35. The second-order valence-electron chi connectivity index (χ2n) is 4.57. The van der Waals surface area contributed by atoms with E-state index in [9.17, 15) is 0 Å². The zero-order chi connectivity index (χ0) is 13.4. The molecule has 0 aromatic carbocycles. The Labute approximate surface area is 109 Å². The molecule has 0 amide bonds. The highest BCUT2D eigenvalue weighted by molar-refractivity contribution is 5.15. The first-order valence-corrected chi connectivity index (χ1v) is 6.47. The van der Waals surface area contributed by atoms with E-state index in [1.807, 2.05) is 24.7 Å². The highest BCUT2D eigenvalue weighted by Gasteiger charge is 2.06. The number of nitrogens with zero attached hydrogens (tertiary/aromatic N) is 2. The maximum Gasteiger partial charge on any atom is 0.0666 e. The van der Waals surface area contributed by atoms with E-state index < -0.39 is 0 Å². The lowest BCUT2D eigenvalue weighted by atomic mass is 10.2. The number of hydrogen-bond acceptors (Lipinski definition) is 4. The quantitative estimate of drug-likeness (QED) is 0.677. The summed E-state index contributed by atoms with van der Waals surface area (Å²) in [4.78, 5) is 0. The molecule has 104 valence electrons. The summed E-state index contributed by atoms with van der Waals surface area (Å²) in [6, 6.07) is 0. The van der Waals surface area contributed by atoms with Crippen molar-refractivity contribution in [2.24, 2.45) is 0 Å². The Hall–Kier alpha value is -0.910. The first kappa shape index (κ1) is 15.1. The zero-order valence-electron chi connectivity index (χ0n) is 11.9. The van der Waals surface area contributed by atoms with Crippen LogP contribution >= 0.6 is 0 Å². The molecule has 18 heavy (non-hydrogen) atoms. The molecule has 1 heterocycles. The molecule has 1 N–H and O–H groups in total. The maximum atomic E-state index is 5.53. The lowest BCUT2D eigenvalue weighted by molar-refractivity contribution is 0.0706. The van der Waals surface area contributed by atoms with Crippen molar-refractivity contribution in [2.45, 2.75) is 40.0 Å². The van der Waals surface area contributed by atoms with E-state index in [1.165, 1.54) is 11.3 Å². The second kappa shape index (κ2) is 8.24. The standard InChI is InChI=1S/C13H25N3O2/c1-11(2)18-8-6-16-12(3)13(10-15-16)9-14-5-7-17-4/h10-11,14H,5-9H2,1-4H3. The van der Waals surface area contributed by atoms with Gasteiger partial charge in [0.25, 0.3) is 0 Å². The third-order valence-corrected chi connectivity index (χ3v) is 2.76. The predicted molar refractivity (Wildman–Crippen MR) is 71.6 cm³/mol. The van der Waals surface area contributed by atoms with Crippen molar-refractivity contribution < 1.29 is 9.47 Å². The van der Waals surface area contributed by atoms with Crippen LogP contribution in [0.15, 0.2) is 6.20 Å². The minimum absolute atomic E-state index is 0.274. The molecule has 1 aromatic rings. The molecule has 0 aliphatic carbocycles. The molecule has 0 saturated heterocycles. The first-order valence-electron chi connectivity index (χ1n) is 6.47. The highest BCUT2D eigenvalue weighted by Crippen LogP contribution is 2.06. The van der Waals surface area contributed by atoms with E-state index in [0.717, 1.165) is 26.2 Å². The summed E-state index contributed by atoms with van der Waals surface area (Å²) >= 11 is 0. The fourth-order valence-corrected chi connectivity index (χ4v) is 1.66. The third kappa shape index (κ3) is 5.16. The van der Waals surface area contributed by atoms with Crippen LogP contribution in [-0.4, -0.2) is 42.8 Å². The van der Waals surface area contributed by atoms with Gasteiger partial charge in [-0.15, -0.1) is 0 Å². The number of ether oxygens (including phenoxy) is 2. The maximum absolute atomic E-state index is 5.53. The number of hydrogen-bond donors (Lipinski definition) is 1. The zero-order valence-corrected chi connectivity index (χ0v) is 11.9.